The van der Waals surface area contributed by atoms with Gasteiger partial charge in [-0.1, -0.05) is 120 Å². The molecule has 0 spiro atoms. The third-order valence-electron chi connectivity index (χ3n) is 26.3. The predicted molar refractivity (Wildman–Crippen MR) is 559 cm³/mol. The number of ketones is 8. The Morgan fingerprint density at radius 3 is 1.67 bits per heavy atom. The number of aliphatic hydroxyl groups is 1. The molecule has 0 bridgehead atoms. The molecule has 1 aliphatic rings. The molecule has 0 unspecified atom stereocenters. The summed E-state index contributed by atoms with van der Waals surface area (Å²) in [6.07, 6.45) is 3.31. The van der Waals surface area contributed by atoms with E-state index in [9.17, 15) is 87.2 Å². The first-order valence-corrected chi connectivity index (χ1v) is 51.5. The van der Waals surface area contributed by atoms with Crippen molar-refractivity contribution in [3.63, 3.8) is 0 Å². The number of primary amides is 2. The maximum atomic E-state index is 15.6. The molecule has 17 atom stereocenters. The molecule has 1 aliphatic heterocycles. The van der Waals surface area contributed by atoms with Crippen molar-refractivity contribution < 1.29 is 111 Å². The van der Waals surface area contributed by atoms with Gasteiger partial charge in [-0.2, -0.15) is 0 Å². The van der Waals surface area contributed by atoms with E-state index in [0.717, 1.165) is 0 Å². The molecule has 43 nitrogen and oxygen atoms in total. The zero-order chi connectivity index (χ0) is 111. The van der Waals surface area contributed by atoms with Crippen molar-refractivity contribution in [2.75, 3.05) is 39.3 Å². The average molecular weight is 2080 g/mol. The third-order valence-corrected chi connectivity index (χ3v) is 26.3. The van der Waals surface area contributed by atoms with Crippen molar-refractivity contribution in [2.45, 2.75) is 359 Å². The summed E-state index contributed by atoms with van der Waals surface area (Å²) in [5.74, 6) is -14.8. The molecule has 43 heteroatoms. The van der Waals surface area contributed by atoms with Gasteiger partial charge < -0.3 is 106 Å². The average Bonchev–Trinajstić information content (AvgIpc) is 1.42. The number of hydrazine groups is 1. The van der Waals surface area contributed by atoms with Crippen LogP contribution in [0.1, 0.15) is 249 Å². The van der Waals surface area contributed by atoms with Crippen molar-refractivity contribution in [2.24, 2.45) is 23.3 Å². The summed E-state index contributed by atoms with van der Waals surface area (Å²) in [6.45, 7) is 24.3. The van der Waals surface area contributed by atoms with Gasteiger partial charge in [0.1, 0.15) is 53.6 Å². The number of carboxylic acids is 1. The first kappa shape index (κ1) is 127. The van der Waals surface area contributed by atoms with Gasteiger partial charge in [0, 0.05) is 95.0 Å². The van der Waals surface area contributed by atoms with Gasteiger partial charge in [0.05, 0.1) is 85.5 Å². The molecule has 5 rings (SSSR count). The smallest absolute Gasteiger partial charge is 0.303 e. The number of carboxylic acid groups (broad SMARTS) is 1. The van der Waals surface area contributed by atoms with Crippen LogP contribution in [0.5, 0.6) is 5.75 Å². The number of allylic oxidation sites excluding steroid dienone is 2. The molecule has 4 aromatic rings. The minimum atomic E-state index is -2.06. The number of benzene rings is 3. The van der Waals surface area contributed by atoms with E-state index in [1.807, 2.05) is 39.8 Å². The fourth-order valence-corrected chi connectivity index (χ4v) is 16.5. The molecule has 149 heavy (non-hydrogen) atoms. The maximum Gasteiger partial charge on any atom is 0.303 e. The van der Waals surface area contributed by atoms with E-state index in [1.54, 1.807) is 109 Å². The van der Waals surface area contributed by atoms with Gasteiger partial charge in [-0.3, -0.25) is 101 Å². The Morgan fingerprint density at radius 2 is 1.09 bits per heavy atom. The topological polar surface area (TPSA) is 674 Å². The molecule has 824 valence electrons. The lowest BCUT2D eigenvalue weighted by Gasteiger charge is -2.34. The first-order chi connectivity index (χ1) is 70.1. The van der Waals surface area contributed by atoms with E-state index in [4.69, 9.17) is 11.5 Å². The Hall–Kier alpha value is -12.6. The number of aliphatic carboxylic acids is 1. The second kappa shape index (κ2) is 63.4. The fourth-order valence-electron chi connectivity index (χ4n) is 16.5. The number of phenols is 1. The number of nitrogens with two attached hydrogens (primary N) is 2. The zero-order valence-corrected chi connectivity index (χ0v) is 89.0. The Morgan fingerprint density at radius 1 is 0.523 bits per heavy atom. The summed E-state index contributed by atoms with van der Waals surface area (Å²) >= 11 is 0. The van der Waals surface area contributed by atoms with Crippen LogP contribution in [0, 0.1) is 11.8 Å². The van der Waals surface area contributed by atoms with Gasteiger partial charge >= 0.3 is 5.97 Å². The summed E-state index contributed by atoms with van der Waals surface area (Å²) in [5, 5.41) is 74.5. The molecule has 25 N–H and O–H groups in total. The minimum Gasteiger partial charge on any atom is -0.508 e. The highest BCUT2D eigenvalue weighted by Gasteiger charge is 2.44. The van der Waals surface area contributed by atoms with Crippen LogP contribution in [-0.2, 0) is 115 Å². The maximum absolute atomic E-state index is 15.6. The van der Waals surface area contributed by atoms with Crippen molar-refractivity contribution in [1.82, 2.24) is 95.6 Å². The lowest BCUT2D eigenvalue weighted by atomic mass is 9.88. The lowest BCUT2D eigenvalue weighted by molar-refractivity contribution is -0.140. The number of phenolic OH excluding ortho intramolecular Hbond substituents is 1. The van der Waals surface area contributed by atoms with E-state index >= 15 is 24.0 Å². The minimum absolute atomic E-state index is 0.0347. The third kappa shape index (κ3) is 45.4. The Balaban J connectivity index is 1.46. The van der Waals surface area contributed by atoms with Crippen molar-refractivity contribution >= 4 is 128 Å². The highest BCUT2D eigenvalue weighted by molar-refractivity contribution is 6.06. The van der Waals surface area contributed by atoms with E-state index < -0.39 is 234 Å². The normalized spacial score (nSPS) is 21.3. The van der Waals surface area contributed by atoms with Crippen LogP contribution >= 0.6 is 0 Å². The number of para-hydroxylation sites is 1. The number of carbonyl (C=O) groups excluding carboxylic acids is 19. The Kier molecular flexibility index (Phi) is 54.0. The number of aromatic nitrogens is 1. The number of amides is 11. The highest BCUT2D eigenvalue weighted by Crippen LogP contribution is 2.25. The van der Waals surface area contributed by atoms with Gasteiger partial charge in [0.25, 0.3) is 0 Å². The molecular formula is C106H162N20O23. The molecular weight excluding hydrogens is 1920 g/mol. The van der Waals surface area contributed by atoms with E-state index in [2.05, 4.69) is 95.6 Å². The van der Waals surface area contributed by atoms with Crippen molar-refractivity contribution in [3.05, 3.63) is 114 Å². The molecule has 0 saturated heterocycles. The predicted octanol–water partition coefficient (Wildman–Crippen LogP) is 1.46. The quantitative estimate of drug-likeness (QED) is 0.0220. The first-order valence-electron chi connectivity index (χ1n) is 51.5. The van der Waals surface area contributed by atoms with Gasteiger partial charge in [-0.15, -0.1) is 0 Å². The van der Waals surface area contributed by atoms with Crippen LogP contribution < -0.4 is 102 Å². The monoisotopic (exact) mass is 2080 g/mol. The molecule has 0 fully saturated rings. The molecule has 0 radical (unpaired) electrons. The summed E-state index contributed by atoms with van der Waals surface area (Å²) in [6, 6.07) is 3.90. The number of carbonyl (C=O) groups is 20. The van der Waals surface area contributed by atoms with Crippen LogP contribution in [0.2, 0.25) is 0 Å². The summed E-state index contributed by atoms with van der Waals surface area (Å²) in [4.78, 5) is 282. The number of fused-ring (bicyclic) bond motifs is 1. The van der Waals surface area contributed by atoms with Gasteiger partial charge in [0.15, 0.2) is 46.3 Å². The standard InChI is InChI=1S/C106H162N20O23/c1-61(2)51-80(117-70(12)128)98(144)122-94(69(11)127)101(147)120-82(53-71-31-25-24-26-32-71)99(145)124-106(16)47-30-23-21-19-17-18-20-22-29-46-105(15,91(137)60-113-65(7)86(132)45-49-110-63(5)84(130)43-48-109-64(6)85(131)44-50-111-67(9)89(135)59-115-104(13,14)102(148)116-68(10)95(108)141)123-100(146)83(52-62(3)4)126-125-77(39-41-92(107)138)90(136)58-112-66(8)87(133)56-88(134)79(55-73-57-114-76-34-28-27-33-75(73)76)118-97(143)81(54-72-35-37-74(129)38-36-72)119-96(142)78(121-103(106)149)40-42-93(139)140/h18,20,24-28,31-38,57,61-69,77-83,94,109-115,125-127,129H,17,19,21-23,29-30,39-56,58-60H2,1-16H3,(H2,107,138)(H2,108,141)(H,116,148)(H,117,128)(H,118,143)(H,119,142)(H,120,147)(H,121,149)(H,122,144)(H,123,146)(H,124,145)(H,139,140)/t63-,64-,65-,66-,67-,68+,69+,77-,78-,79-,80-,81-,82-,83-,94-,105-,106+/m0/s1. The number of H-pyrrole nitrogens is 1. The number of hydrogen-bond donors (Lipinski definition) is 23. The molecule has 3 aromatic carbocycles. The highest BCUT2D eigenvalue weighted by atomic mass is 16.4. The number of Topliss-reactive ketones (excluding diaryl/α,β-unsaturated/α-hetero) is 8. The van der Waals surface area contributed by atoms with Crippen LogP contribution in [0.4, 0.5) is 0 Å². The molecule has 0 aliphatic carbocycles. The largest absolute Gasteiger partial charge is 0.508 e. The van der Waals surface area contributed by atoms with Gasteiger partial charge in [0.2, 0.25) is 65.0 Å². The fraction of sp³-hybridized carbons (Fsp3) is 0.604. The van der Waals surface area contributed by atoms with Gasteiger partial charge in [-0.05, 0) is 187 Å². The number of hydrogen-bond acceptors (Lipinski definition) is 30. The van der Waals surface area contributed by atoms with Crippen molar-refractivity contribution in [3.8, 4) is 5.75 Å². The van der Waals surface area contributed by atoms with E-state index in [0.29, 0.717) is 66.1 Å². The molecule has 0 saturated carbocycles. The number of rotatable bonds is 50. The zero-order valence-electron chi connectivity index (χ0n) is 89.0. The second-order valence-corrected chi connectivity index (χ2v) is 40.8. The lowest BCUT2D eigenvalue weighted by Crippen LogP contribution is -2.65. The molecule has 2 heterocycles. The van der Waals surface area contributed by atoms with Gasteiger partial charge in [-0.25, -0.2) is 10.9 Å². The number of nitrogens with one attached hydrogen (secondary N) is 18. The Labute approximate surface area is 872 Å². The van der Waals surface area contributed by atoms with Crippen LogP contribution in [0.25, 0.3) is 10.9 Å². The Bertz CT molecular complexity index is 5220. The molecule has 11 amide bonds. The number of aliphatic hydroxyl groups excluding tert-OH is 1. The van der Waals surface area contributed by atoms with Crippen LogP contribution in [0.3, 0.4) is 0 Å². The summed E-state index contributed by atoms with van der Waals surface area (Å²) < 4.78 is 0. The summed E-state index contributed by atoms with van der Waals surface area (Å²) in [7, 11) is 0. The van der Waals surface area contributed by atoms with Crippen molar-refractivity contribution in [1.29, 1.82) is 0 Å². The summed E-state index contributed by atoms with van der Waals surface area (Å²) in [5.41, 5.74) is 13.9. The second-order valence-electron chi connectivity index (χ2n) is 40.8. The van der Waals surface area contributed by atoms with E-state index in [-0.39, 0.29) is 150 Å². The number of aromatic amines is 1. The molecule has 1 aromatic heterocycles. The number of aromatic hydroxyl groups is 1. The van der Waals surface area contributed by atoms with Crippen LogP contribution in [0.15, 0.2) is 97.2 Å². The van der Waals surface area contributed by atoms with Crippen LogP contribution in [-0.4, -0.2) is 284 Å². The van der Waals surface area contributed by atoms with E-state index in [1.165, 1.54) is 58.9 Å². The SMILES string of the molecule is CC(=O)N[C@@H](CC(C)C)C(=O)N[C@H](C(=O)N[C@@H](Cc1ccccc1)C(=O)N[C@]1(C)CCCCCCC=CCCC[C@@](C)(C(=O)CN[C@@H](C)C(=O)CCN[C@@H](C)C(=O)CCN[C@@H](C)C(=O)CCN[C@@H](C)C(=O)CNC(C)(C)C(=O)N[C@H](C)C(N)=O)NC(=O)[C@H](CC(C)C)NN[C@@H](CCC(N)=O)C(=O)CN[C@@H](C)C(=O)CC(=O)[C@H](Cc2c[nH]c3ccccc23)NC(=O)[C@H](Cc2ccc(O)cc2)NC(=O)[C@H](CCC(=O)O)NC1=O)[C@@H](C)O.